The fourth-order valence-corrected chi connectivity index (χ4v) is 2.89. The summed E-state index contributed by atoms with van der Waals surface area (Å²) in [4.78, 5) is 54.0. The summed E-state index contributed by atoms with van der Waals surface area (Å²) in [5.41, 5.74) is -7.55. The Morgan fingerprint density at radius 1 is 0.600 bits per heavy atom. The molecule has 2 aromatic carbocycles. The van der Waals surface area contributed by atoms with Crippen molar-refractivity contribution >= 4 is 44.2 Å². The van der Waals surface area contributed by atoms with E-state index in [1.807, 2.05) is 0 Å². The van der Waals surface area contributed by atoms with Gasteiger partial charge < -0.3 is 5.11 Å². The summed E-state index contributed by atoms with van der Waals surface area (Å²) >= 11 is 0. The third kappa shape index (κ3) is 6.08. The van der Waals surface area contributed by atoms with Gasteiger partial charge in [0.05, 0.1) is 41.7 Å². The van der Waals surface area contributed by atoms with Crippen LogP contribution in [0.15, 0.2) is 29.2 Å². The highest BCUT2D eigenvalue weighted by atomic mass is 32.2. The Bertz CT molecular complexity index is 1370. The molecule has 2 rings (SSSR count). The molecular weight excluding hydrogens is 516 g/mol. The van der Waals surface area contributed by atoms with Crippen molar-refractivity contribution in [3.8, 4) is 5.75 Å². The average molecular weight is 522 g/mol. The largest absolute Gasteiger partial charge is 0.497 e. The van der Waals surface area contributed by atoms with Crippen LogP contribution in [-0.2, 0) is 10.1 Å². The summed E-state index contributed by atoms with van der Waals surface area (Å²) in [5, 5.41) is 72.1. The summed E-state index contributed by atoms with van der Waals surface area (Å²) < 4.78 is 30.5. The first kappa shape index (κ1) is 27.6. The maximum atomic E-state index is 10.9. The zero-order valence-electron chi connectivity index (χ0n) is 16.0. The number of hydrogen-bond acceptors (Lipinski definition) is 15. The second kappa shape index (κ2) is 10.0. The highest BCUT2D eigenvalue weighted by Crippen LogP contribution is 2.41. The van der Waals surface area contributed by atoms with Crippen LogP contribution >= 0.6 is 0 Å². The molecule has 0 spiro atoms. The molecule has 2 N–H and O–H groups in total. The first-order chi connectivity index (χ1) is 15.9. The average Bonchev–Trinajstić information content (AvgIpc) is 2.71. The van der Waals surface area contributed by atoms with Crippen LogP contribution in [0.5, 0.6) is 5.75 Å². The van der Waals surface area contributed by atoms with Gasteiger partial charge in [-0.25, -0.2) is 0 Å². The molecule has 0 amide bonds. The number of non-ortho nitro benzene ring substituents is 1. The smallest absolute Gasteiger partial charge is 0.423 e. The molecule has 0 aliphatic heterocycles. The summed E-state index contributed by atoms with van der Waals surface area (Å²) in [6, 6.07) is 1.62. The van der Waals surface area contributed by atoms with Gasteiger partial charge in [-0.1, -0.05) is 0 Å². The predicted octanol–water partition coefficient (Wildman–Crippen LogP) is 1.77. The zero-order chi connectivity index (χ0) is 27.4. The molecule has 0 heterocycles. The molecule has 0 saturated carbocycles. The molecule has 0 bridgehead atoms. The number of nitro groups is 6. The van der Waals surface area contributed by atoms with Gasteiger partial charge in [0.1, 0.15) is 0 Å². The van der Waals surface area contributed by atoms with E-state index in [2.05, 4.69) is 0 Å². The van der Waals surface area contributed by atoms with Gasteiger partial charge in [-0.3, -0.25) is 65.2 Å². The van der Waals surface area contributed by atoms with Gasteiger partial charge in [0, 0.05) is 6.07 Å². The number of nitro benzene ring substituents is 6. The van der Waals surface area contributed by atoms with Crippen molar-refractivity contribution in [3.63, 3.8) is 0 Å². The minimum absolute atomic E-state index is 0.346. The Kier molecular flexibility index (Phi) is 7.88. The number of benzene rings is 2. The van der Waals surface area contributed by atoms with Gasteiger partial charge in [-0.15, -0.1) is 0 Å². The van der Waals surface area contributed by atoms with E-state index in [1.165, 1.54) is 0 Å². The highest BCUT2D eigenvalue weighted by Gasteiger charge is 2.42. The van der Waals surface area contributed by atoms with E-state index < -0.39 is 84.4 Å². The van der Waals surface area contributed by atoms with Crippen LogP contribution in [0.25, 0.3) is 0 Å². The summed E-state index contributed by atoms with van der Waals surface area (Å²) in [6.07, 6.45) is 0. The molecule has 186 valence electrons. The van der Waals surface area contributed by atoms with E-state index in [0.717, 1.165) is 0 Å². The topological polar surface area (TPSA) is 333 Å². The van der Waals surface area contributed by atoms with Crippen molar-refractivity contribution in [1.82, 2.24) is 0 Å². The molecule has 0 atom stereocenters. The van der Waals surface area contributed by atoms with Crippen LogP contribution in [-0.4, -0.2) is 47.6 Å². The van der Waals surface area contributed by atoms with Crippen molar-refractivity contribution in [2.75, 3.05) is 0 Å². The maximum Gasteiger partial charge on any atom is 0.423 e. The standard InChI is InChI=1S/C6H3N3O9S.C6H3N3O7/c10-7(11)3-1-2-4(19(16,17)18)6(9(14)15)5(3)8(12)13;10-6-4(8(13)14)1-3(7(11)12)2-5(6)9(15)16/h1-2H,(H,16,17,18);1-2,10H. The van der Waals surface area contributed by atoms with Crippen molar-refractivity contribution < 1.29 is 47.6 Å². The van der Waals surface area contributed by atoms with Gasteiger partial charge in [0.2, 0.25) is 0 Å². The van der Waals surface area contributed by atoms with Gasteiger partial charge in [0.25, 0.3) is 11.4 Å². The first-order valence-electron chi connectivity index (χ1n) is 7.79. The molecular formula is C12H6N6O16S. The molecule has 2 aromatic rings. The number of phenols is 1. The van der Waals surface area contributed by atoms with E-state index in [-0.39, 0.29) is 0 Å². The minimum Gasteiger partial charge on any atom is -0.497 e. The van der Waals surface area contributed by atoms with Crippen LogP contribution in [0.2, 0.25) is 0 Å². The summed E-state index contributed by atoms with van der Waals surface area (Å²) in [7, 11) is -5.15. The van der Waals surface area contributed by atoms with E-state index >= 15 is 0 Å². The lowest BCUT2D eigenvalue weighted by atomic mass is 10.2. The van der Waals surface area contributed by atoms with Crippen LogP contribution in [0, 0.1) is 60.7 Å². The van der Waals surface area contributed by atoms with Crippen molar-refractivity contribution in [2.45, 2.75) is 4.90 Å². The Labute approximate surface area is 188 Å². The van der Waals surface area contributed by atoms with Gasteiger partial charge in [-0.2, -0.15) is 8.42 Å². The van der Waals surface area contributed by atoms with Gasteiger partial charge in [-0.05, 0) is 6.07 Å². The van der Waals surface area contributed by atoms with Crippen LogP contribution in [0.3, 0.4) is 0 Å². The van der Waals surface area contributed by atoms with E-state index in [0.29, 0.717) is 24.3 Å². The molecule has 0 aliphatic carbocycles. The predicted molar refractivity (Wildman–Crippen MR) is 104 cm³/mol. The molecule has 35 heavy (non-hydrogen) atoms. The summed E-state index contributed by atoms with van der Waals surface area (Å²) in [5.74, 6) is -1.21. The second-order valence-corrected chi connectivity index (χ2v) is 7.02. The Morgan fingerprint density at radius 3 is 1.29 bits per heavy atom. The molecule has 0 saturated heterocycles. The molecule has 0 fully saturated rings. The van der Waals surface area contributed by atoms with Gasteiger partial charge in [0.15, 0.2) is 4.90 Å². The SMILES string of the molecule is O=[N+]([O-])c1cc([N+](=O)[O-])c(O)c([N+](=O)[O-])c1.O=[N+]([O-])c1ccc(S(=O)(=O)O)c([N+](=O)[O-])c1[N+](=O)[O-]. The van der Waals surface area contributed by atoms with E-state index in [4.69, 9.17) is 9.66 Å². The minimum atomic E-state index is -5.15. The van der Waals surface area contributed by atoms with Gasteiger partial charge >= 0.3 is 38.6 Å². The molecule has 0 unspecified atom stereocenters. The normalized spacial score (nSPS) is 10.4. The molecule has 0 aliphatic rings. The number of hydrogen-bond donors (Lipinski definition) is 2. The highest BCUT2D eigenvalue weighted by molar-refractivity contribution is 7.86. The van der Waals surface area contributed by atoms with Crippen LogP contribution in [0.4, 0.5) is 34.1 Å². The quantitative estimate of drug-likeness (QED) is 0.297. The molecule has 22 nitrogen and oxygen atoms in total. The lowest BCUT2D eigenvalue weighted by Crippen LogP contribution is -2.08. The lowest BCUT2D eigenvalue weighted by Gasteiger charge is -2.01. The third-order valence-electron chi connectivity index (χ3n) is 3.59. The van der Waals surface area contributed by atoms with Crippen LogP contribution in [0.1, 0.15) is 0 Å². The van der Waals surface area contributed by atoms with Crippen molar-refractivity contribution in [3.05, 3.63) is 85.0 Å². The lowest BCUT2D eigenvalue weighted by molar-refractivity contribution is -0.442. The Hall–Kier alpha value is -5.45. The maximum absolute atomic E-state index is 10.9. The number of rotatable bonds is 7. The zero-order valence-corrected chi connectivity index (χ0v) is 16.8. The number of aromatic hydroxyl groups is 1. The van der Waals surface area contributed by atoms with E-state index in [1.54, 1.807) is 0 Å². The third-order valence-corrected chi connectivity index (χ3v) is 4.48. The fourth-order valence-electron chi connectivity index (χ4n) is 2.24. The fraction of sp³-hybridized carbons (Fsp3) is 0. The van der Waals surface area contributed by atoms with Crippen LogP contribution < -0.4 is 0 Å². The first-order valence-corrected chi connectivity index (χ1v) is 9.23. The molecule has 23 heteroatoms. The van der Waals surface area contributed by atoms with Crippen molar-refractivity contribution in [2.24, 2.45) is 0 Å². The van der Waals surface area contributed by atoms with E-state index in [9.17, 15) is 69.1 Å². The molecule has 0 aromatic heterocycles. The van der Waals surface area contributed by atoms with Crippen molar-refractivity contribution in [1.29, 1.82) is 0 Å². The Balaban J connectivity index is 0.000000355. The second-order valence-electron chi connectivity index (χ2n) is 5.63. The Morgan fingerprint density at radius 2 is 1.00 bits per heavy atom. The number of nitrogens with zero attached hydrogens (tertiary/aromatic N) is 6. The number of phenolic OH excluding ortho intramolecular Hbond substituents is 1. The molecule has 0 radical (unpaired) electrons. The monoisotopic (exact) mass is 522 g/mol. The summed E-state index contributed by atoms with van der Waals surface area (Å²) in [6.45, 7) is 0.